The highest BCUT2D eigenvalue weighted by molar-refractivity contribution is 5.98. The van der Waals surface area contributed by atoms with E-state index in [2.05, 4.69) is 15.6 Å². The average Bonchev–Trinajstić information content (AvgIpc) is 2.70. The molecular formula is C11H11N3O2. The maximum atomic E-state index is 11.5. The fourth-order valence-electron chi connectivity index (χ4n) is 1.22. The molecule has 2 amide bonds. The highest BCUT2D eigenvalue weighted by Gasteiger charge is 2.04. The van der Waals surface area contributed by atoms with Crippen molar-refractivity contribution in [2.24, 2.45) is 0 Å². The van der Waals surface area contributed by atoms with Crippen molar-refractivity contribution in [3.63, 3.8) is 0 Å². The predicted molar refractivity (Wildman–Crippen MR) is 60.3 cm³/mol. The normalized spacial score (nSPS) is 9.81. The zero-order valence-electron chi connectivity index (χ0n) is 8.73. The van der Waals surface area contributed by atoms with Crippen LogP contribution in [0.4, 0.5) is 16.5 Å². The van der Waals surface area contributed by atoms with Gasteiger partial charge in [0.05, 0.1) is 6.26 Å². The summed E-state index contributed by atoms with van der Waals surface area (Å²) < 4.78 is 4.97. The molecule has 5 heteroatoms. The van der Waals surface area contributed by atoms with Gasteiger partial charge in [-0.2, -0.15) is 0 Å². The summed E-state index contributed by atoms with van der Waals surface area (Å²) in [4.78, 5) is 15.6. The third kappa shape index (κ3) is 2.60. The van der Waals surface area contributed by atoms with Crippen molar-refractivity contribution in [3.05, 3.63) is 42.3 Å². The lowest BCUT2D eigenvalue weighted by molar-refractivity contribution is 0.261. The number of anilines is 2. The second-order valence-electron chi connectivity index (χ2n) is 3.22. The summed E-state index contributed by atoms with van der Waals surface area (Å²) in [6, 6.07) is 8.37. The van der Waals surface area contributed by atoms with Crippen LogP contribution in [0.15, 0.2) is 41.0 Å². The third-order valence-electron chi connectivity index (χ3n) is 1.89. The Labute approximate surface area is 92.5 Å². The van der Waals surface area contributed by atoms with Crippen LogP contribution in [0.1, 0.15) is 5.69 Å². The van der Waals surface area contributed by atoms with E-state index >= 15 is 0 Å². The molecule has 0 radical (unpaired) electrons. The molecule has 0 atom stereocenters. The first-order chi connectivity index (χ1) is 7.74. The van der Waals surface area contributed by atoms with E-state index in [1.165, 1.54) is 6.26 Å². The Morgan fingerprint density at radius 3 is 2.81 bits per heavy atom. The maximum Gasteiger partial charge on any atom is 0.327 e. The molecule has 0 aliphatic carbocycles. The molecule has 2 rings (SSSR count). The van der Waals surface area contributed by atoms with E-state index in [9.17, 15) is 4.79 Å². The molecule has 82 valence electrons. The van der Waals surface area contributed by atoms with E-state index in [0.29, 0.717) is 11.7 Å². The van der Waals surface area contributed by atoms with Crippen LogP contribution < -0.4 is 10.6 Å². The van der Waals surface area contributed by atoms with Gasteiger partial charge >= 0.3 is 6.03 Å². The fraction of sp³-hybridized carbons (Fsp3) is 0.0909. The predicted octanol–water partition coefficient (Wildman–Crippen LogP) is 2.63. The van der Waals surface area contributed by atoms with Gasteiger partial charge in [-0.1, -0.05) is 6.07 Å². The van der Waals surface area contributed by atoms with E-state index in [-0.39, 0.29) is 6.03 Å². The van der Waals surface area contributed by atoms with Gasteiger partial charge in [0.2, 0.25) is 5.88 Å². The lowest BCUT2D eigenvalue weighted by atomic mass is 10.4. The van der Waals surface area contributed by atoms with Crippen LogP contribution in [0.25, 0.3) is 0 Å². The van der Waals surface area contributed by atoms with Crippen LogP contribution in [-0.4, -0.2) is 11.0 Å². The molecule has 0 aliphatic heterocycles. The topological polar surface area (TPSA) is 67.2 Å². The quantitative estimate of drug-likeness (QED) is 0.812. The van der Waals surface area contributed by atoms with Gasteiger partial charge in [0.15, 0.2) is 0 Å². The van der Waals surface area contributed by atoms with Crippen molar-refractivity contribution in [2.75, 3.05) is 10.6 Å². The van der Waals surface area contributed by atoms with Crippen LogP contribution in [-0.2, 0) is 0 Å². The summed E-state index contributed by atoms with van der Waals surface area (Å²) in [6.45, 7) is 1.86. The maximum absolute atomic E-state index is 11.5. The third-order valence-corrected chi connectivity index (χ3v) is 1.89. The van der Waals surface area contributed by atoms with Crippen LogP contribution >= 0.6 is 0 Å². The summed E-state index contributed by atoms with van der Waals surface area (Å²) in [6.07, 6.45) is 1.49. The number of aromatic nitrogens is 1. The monoisotopic (exact) mass is 217 g/mol. The zero-order valence-corrected chi connectivity index (χ0v) is 8.73. The molecule has 0 bridgehead atoms. The molecule has 0 aromatic carbocycles. The number of carbonyl (C=O) groups excluding carboxylic acids is 1. The molecular weight excluding hydrogens is 206 g/mol. The Kier molecular flexibility index (Phi) is 2.86. The van der Waals surface area contributed by atoms with E-state index < -0.39 is 0 Å². The number of pyridine rings is 1. The summed E-state index contributed by atoms with van der Waals surface area (Å²) in [5, 5.41) is 5.13. The Morgan fingerprint density at radius 1 is 1.25 bits per heavy atom. The van der Waals surface area contributed by atoms with Gasteiger partial charge in [0.25, 0.3) is 0 Å². The molecule has 0 aliphatic rings. The summed E-state index contributed by atoms with van der Waals surface area (Å²) in [7, 11) is 0. The molecule has 0 saturated carbocycles. The molecule has 2 N–H and O–H groups in total. The van der Waals surface area contributed by atoms with Crippen LogP contribution in [0.3, 0.4) is 0 Å². The number of hydrogen-bond acceptors (Lipinski definition) is 3. The van der Waals surface area contributed by atoms with Gasteiger partial charge in [0, 0.05) is 11.8 Å². The SMILES string of the molecule is Cc1cccc(NC(=O)Nc2ccco2)n1. The van der Waals surface area contributed by atoms with Crippen molar-refractivity contribution >= 4 is 17.7 Å². The van der Waals surface area contributed by atoms with Gasteiger partial charge in [-0.15, -0.1) is 0 Å². The van der Waals surface area contributed by atoms with Gasteiger partial charge in [0.1, 0.15) is 5.82 Å². The first-order valence-electron chi connectivity index (χ1n) is 4.79. The molecule has 0 unspecified atom stereocenters. The van der Waals surface area contributed by atoms with Gasteiger partial charge < -0.3 is 4.42 Å². The number of urea groups is 1. The minimum Gasteiger partial charge on any atom is -0.449 e. The first kappa shape index (κ1) is 10.2. The molecule has 2 aromatic rings. The Balaban J connectivity index is 1.97. The van der Waals surface area contributed by atoms with Crippen molar-refractivity contribution in [1.82, 2.24) is 4.98 Å². The molecule has 2 aromatic heterocycles. The van der Waals surface area contributed by atoms with E-state index in [1.807, 2.05) is 19.1 Å². The lowest BCUT2D eigenvalue weighted by Gasteiger charge is -2.04. The number of amides is 2. The lowest BCUT2D eigenvalue weighted by Crippen LogP contribution is -2.19. The Bertz CT molecular complexity index is 480. The van der Waals surface area contributed by atoms with E-state index in [1.54, 1.807) is 18.2 Å². The zero-order chi connectivity index (χ0) is 11.4. The van der Waals surface area contributed by atoms with Gasteiger partial charge in [-0.05, 0) is 25.1 Å². The van der Waals surface area contributed by atoms with Gasteiger partial charge in [-0.25, -0.2) is 9.78 Å². The smallest absolute Gasteiger partial charge is 0.327 e. The molecule has 0 saturated heterocycles. The number of nitrogens with zero attached hydrogens (tertiary/aromatic N) is 1. The first-order valence-corrected chi connectivity index (χ1v) is 4.79. The number of carbonyl (C=O) groups is 1. The molecule has 16 heavy (non-hydrogen) atoms. The van der Waals surface area contributed by atoms with Crippen molar-refractivity contribution in [3.8, 4) is 0 Å². The summed E-state index contributed by atoms with van der Waals surface area (Å²) >= 11 is 0. The van der Waals surface area contributed by atoms with E-state index in [4.69, 9.17) is 4.42 Å². The number of furan rings is 1. The number of nitrogens with one attached hydrogen (secondary N) is 2. The Hall–Kier alpha value is -2.30. The van der Waals surface area contributed by atoms with Crippen molar-refractivity contribution < 1.29 is 9.21 Å². The second kappa shape index (κ2) is 4.48. The molecule has 5 nitrogen and oxygen atoms in total. The molecule has 0 fully saturated rings. The summed E-state index contributed by atoms with van der Waals surface area (Å²) in [5.74, 6) is 0.897. The highest BCUT2D eigenvalue weighted by atomic mass is 16.3. The second-order valence-corrected chi connectivity index (χ2v) is 3.22. The number of hydrogen-bond donors (Lipinski definition) is 2. The van der Waals surface area contributed by atoms with E-state index in [0.717, 1.165) is 5.69 Å². The minimum atomic E-state index is -0.381. The van der Waals surface area contributed by atoms with Crippen molar-refractivity contribution in [2.45, 2.75) is 6.92 Å². The fourth-order valence-corrected chi connectivity index (χ4v) is 1.22. The number of aryl methyl sites for hydroxylation is 1. The average molecular weight is 217 g/mol. The largest absolute Gasteiger partial charge is 0.449 e. The van der Waals surface area contributed by atoms with Crippen molar-refractivity contribution in [1.29, 1.82) is 0 Å². The van der Waals surface area contributed by atoms with Gasteiger partial charge in [-0.3, -0.25) is 10.6 Å². The van der Waals surface area contributed by atoms with Crippen LogP contribution in [0, 0.1) is 6.92 Å². The van der Waals surface area contributed by atoms with Crippen LogP contribution in [0.5, 0.6) is 0 Å². The Morgan fingerprint density at radius 2 is 2.12 bits per heavy atom. The van der Waals surface area contributed by atoms with Crippen LogP contribution in [0.2, 0.25) is 0 Å². The number of rotatable bonds is 2. The summed E-state index contributed by atoms with van der Waals surface area (Å²) in [5.41, 5.74) is 0.843. The highest BCUT2D eigenvalue weighted by Crippen LogP contribution is 2.08. The minimum absolute atomic E-state index is 0.381. The standard InChI is InChI=1S/C11H11N3O2/c1-8-4-2-5-9(12-8)13-11(15)14-10-6-3-7-16-10/h2-7H,1H3,(H2,12,13,14,15). The molecule has 0 spiro atoms. The molecule has 2 heterocycles.